The Morgan fingerprint density at radius 3 is 3.06 bits per heavy atom. The maximum Gasteiger partial charge on any atom is 0.264 e. The lowest BCUT2D eigenvalue weighted by atomic mass is 10.2. The third-order valence-electron chi connectivity index (χ3n) is 2.75. The molecule has 1 aliphatic rings. The molecule has 1 aromatic heterocycles. The summed E-state index contributed by atoms with van der Waals surface area (Å²) in [6, 6.07) is 7.92. The van der Waals surface area contributed by atoms with E-state index in [0.717, 1.165) is 40.2 Å². The second kappa shape index (κ2) is 3.87. The first-order valence-corrected chi connectivity index (χ1v) is 6.36. The molecule has 0 atom stereocenters. The summed E-state index contributed by atoms with van der Waals surface area (Å²) in [7, 11) is 0. The quantitative estimate of drug-likeness (QED) is 0.733. The number of aromatic nitrogens is 1. The minimum Gasteiger partial charge on any atom is -0.383 e. The van der Waals surface area contributed by atoms with Crippen LogP contribution in [0.5, 0.6) is 0 Å². The first-order chi connectivity index (χ1) is 7.86. The van der Waals surface area contributed by atoms with Crippen molar-refractivity contribution >= 4 is 28.4 Å². The average Bonchev–Trinajstić information content (AvgIpc) is 2.55. The largest absolute Gasteiger partial charge is 0.383 e. The Labute approximate surface area is 97.3 Å². The molecule has 0 radical (unpaired) electrons. The van der Waals surface area contributed by atoms with Gasteiger partial charge in [0.05, 0.1) is 16.1 Å². The SMILES string of the molecule is O=c1[nH]c2ccccc2c2c1SCCCN2. The predicted molar refractivity (Wildman–Crippen MR) is 68.4 cm³/mol. The molecule has 16 heavy (non-hydrogen) atoms. The second-order valence-electron chi connectivity index (χ2n) is 3.83. The van der Waals surface area contributed by atoms with Crippen molar-refractivity contribution in [3.8, 4) is 0 Å². The van der Waals surface area contributed by atoms with Crippen molar-refractivity contribution in [2.75, 3.05) is 17.6 Å². The fourth-order valence-corrected chi connectivity index (χ4v) is 3.00. The van der Waals surface area contributed by atoms with Crippen molar-refractivity contribution < 1.29 is 0 Å². The fourth-order valence-electron chi connectivity index (χ4n) is 2.00. The van der Waals surface area contributed by atoms with Gasteiger partial charge in [-0.25, -0.2) is 0 Å². The van der Waals surface area contributed by atoms with Gasteiger partial charge in [-0.1, -0.05) is 18.2 Å². The number of para-hydroxylation sites is 1. The van der Waals surface area contributed by atoms with Gasteiger partial charge >= 0.3 is 0 Å². The summed E-state index contributed by atoms with van der Waals surface area (Å²) in [6.07, 6.45) is 1.09. The third kappa shape index (κ3) is 1.50. The number of thioether (sulfide) groups is 1. The highest BCUT2D eigenvalue weighted by atomic mass is 32.2. The van der Waals surface area contributed by atoms with Gasteiger partial charge in [-0.3, -0.25) is 4.79 Å². The van der Waals surface area contributed by atoms with E-state index in [1.54, 1.807) is 11.8 Å². The normalized spacial score (nSPS) is 15.2. The molecular weight excluding hydrogens is 220 g/mol. The number of anilines is 1. The van der Waals surface area contributed by atoms with E-state index in [0.29, 0.717) is 0 Å². The number of hydrogen-bond acceptors (Lipinski definition) is 3. The number of fused-ring (bicyclic) bond motifs is 3. The van der Waals surface area contributed by atoms with Crippen LogP contribution in [0.25, 0.3) is 10.9 Å². The summed E-state index contributed by atoms with van der Waals surface area (Å²) in [5.41, 5.74) is 1.93. The molecule has 0 amide bonds. The van der Waals surface area contributed by atoms with Crippen LogP contribution in [0.4, 0.5) is 5.69 Å². The molecule has 0 aliphatic carbocycles. The van der Waals surface area contributed by atoms with E-state index < -0.39 is 0 Å². The van der Waals surface area contributed by atoms with Crippen LogP contribution in [0, 0.1) is 0 Å². The van der Waals surface area contributed by atoms with Crippen molar-refractivity contribution in [2.24, 2.45) is 0 Å². The highest BCUT2D eigenvalue weighted by molar-refractivity contribution is 7.99. The van der Waals surface area contributed by atoms with E-state index in [4.69, 9.17) is 0 Å². The van der Waals surface area contributed by atoms with Crippen molar-refractivity contribution in [1.82, 2.24) is 4.98 Å². The first kappa shape index (κ1) is 9.78. The van der Waals surface area contributed by atoms with Crippen molar-refractivity contribution in [2.45, 2.75) is 11.3 Å². The zero-order valence-electron chi connectivity index (χ0n) is 8.75. The minimum absolute atomic E-state index is 0.0214. The van der Waals surface area contributed by atoms with E-state index in [-0.39, 0.29) is 5.56 Å². The molecule has 2 aromatic rings. The van der Waals surface area contributed by atoms with Gasteiger partial charge in [-0.15, -0.1) is 11.8 Å². The summed E-state index contributed by atoms with van der Waals surface area (Å²) in [4.78, 5) is 15.7. The van der Waals surface area contributed by atoms with Gasteiger partial charge in [-0.05, 0) is 18.2 Å². The molecule has 2 heterocycles. The number of H-pyrrole nitrogens is 1. The smallest absolute Gasteiger partial charge is 0.264 e. The topological polar surface area (TPSA) is 44.9 Å². The van der Waals surface area contributed by atoms with Crippen LogP contribution in [0.3, 0.4) is 0 Å². The number of rotatable bonds is 0. The van der Waals surface area contributed by atoms with Crippen molar-refractivity contribution in [3.63, 3.8) is 0 Å². The van der Waals surface area contributed by atoms with Crippen molar-refractivity contribution in [3.05, 3.63) is 34.6 Å². The summed E-state index contributed by atoms with van der Waals surface area (Å²) < 4.78 is 0. The van der Waals surface area contributed by atoms with Crippen LogP contribution in [-0.2, 0) is 0 Å². The van der Waals surface area contributed by atoms with Crippen LogP contribution in [-0.4, -0.2) is 17.3 Å². The molecule has 4 heteroatoms. The predicted octanol–water partition coefficient (Wildman–Crippen LogP) is 2.44. The van der Waals surface area contributed by atoms with Crippen LogP contribution in [0.2, 0.25) is 0 Å². The Bertz CT molecular complexity index is 591. The molecule has 0 unspecified atom stereocenters. The fraction of sp³-hybridized carbons (Fsp3) is 0.250. The van der Waals surface area contributed by atoms with Gasteiger partial charge in [-0.2, -0.15) is 0 Å². The molecule has 2 N–H and O–H groups in total. The standard InChI is InChI=1S/C12H12N2OS/c15-12-11-10(13-6-3-7-16-11)8-4-1-2-5-9(8)14-12/h1-2,4-5,13H,3,6-7H2,(H,14,15). The second-order valence-corrected chi connectivity index (χ2v) is 4.94. The Balaban J connectivity index is 2.37. The van der Waals surface area contributed by atoms with Gasteiger partial charge < -0.3 is 10.3 Å². The lowest BCUT2D eigenvalue weighted by Gasteiger charge is -2.09. The van der Waals surface area contributed by atoms with Crippen LogP contribution < -0.4 is 10.9 Å². The van der Waals surface area contributed by atoms with E-state index >= 15 is 0 Å². The molecule has 1 aromatic carbocycles. The molecule has 3 nitrogen and oxygen atoms in total. The molecular formula is C12H12N2OS. The molecule has 3 rings (SSSR count). The molecule has 0 saturated heterocycles. The Morgan fingerprint density at radius 2 is 2.12 bits per heavy atom. The number of pyridine rings is 1. The molecule has 0 fully saturated rings. The lowest BCUT2D eigenvalue weighted by Crippen LogP contribution is -2.11. The molecule has 82 valence electrons. The molecule has 0 saturated carbocycles. The Kier molecular flexibility index (Phi) is 2.36. The van der Waals surface area contributed by atoms with E-state index in [2.05, 4.69) is 10.3 Å². The zero-order valence-corrected chi connectivity index (χ0v) is 9.56. The van der Waals surface area contributed by atoms with Gasteiger partial charge in [0.2, 0.25) is 0 Å². The molecule has 0 bridgehead atoms. The van der Waals surface area contributed by atoms with Crippen LogP contribution in [0.1, 0.15) is 6.42 Å². The lowest BCUT2D eigenvalue weighted by molar-refractivity contribution is 1.00. The maximum atomic E-state index is 11.9. The highest BCUT2D eigenvalue weighted by Gasteiger charge is 2.14. The van der Waals surface area contributed by atoms with Gasteiger partial charge in [0.15, 0.2) is 0 Å². The average molecular weight is 232 g/mol. The molecule has 1 aliphatic heterocycles. The maximum absolute atomic E-state index is 11.9. The van der Waals surface area contributed by atoms with E-state index in [1.165, 1.54) is 0 Å². The summed E-state index contributed by atoms with van der Waals surface area (Å²) in [5, 5.41) is 4.47. The first-order valence-electron chi connectivity index (χ1n) is 5.38. The minimum atomic E-state index is 0.0214. The third-order valence-corrected chi connectivity index (χ3v) is 3.92. The number of hydrogen-bond donors (Lipinski definition) is 2. The van der Waals surface area contributed by atoms with Gasteiger partial charge in [0.25, 0.3) is 5.56 Å². The molecule has 0 spiro atoms. The monoisotopic (exact) mass is 232 g/mol. The van der Waals surface area contributed by atoms with Gasteiger partial charge in [0.1, 0.15) is 0 Å². The number of benzene rings is 1. The van der Waals surface area contributed by atoms with Crippen LogP contribution >= 0.6 is 11.8 Å². The van der Waals surface area contributed by atoms with Gasteiger partial charge in [0, 0.05) is 11.9 Å². The van der Waals surface area contributed by atoms with Crippen molar-refractivity contribution in [1.29, 1.82) is 0 Å². The Hall–Kier alpha value is -1.42. The summed E-state index contributed by atoms with van der Waals surface area (Å²) in [5.74, 6) is 1.00. The summed E-state index contributed by atoms with van der Waals surface area (Å²) >= 11 is 1.64. The Morgan fingerprint density at radius 1 is 1.25 bits per heavy atom. The van der Waals surface area contributed by atoms with E-state index in [9.17, 15) is 4.79 Å². The van der Waals surface area contributed by atoms with E-state index in [1.807, 2.05) is 24.3 Å². The van der Waals surface area contributed by atoms with Crippen LogP contribution in [0.15, 0.2) is 34.0 Å². The number of aromatic amines is 1. The zero-order chi connectivity index (χ0) is 11.0. The highest BCUT2D eigenvalue weighted by Crippen LogP contribution is 2.32. The summed E-state index contributed by atoms with van der Waals surface area (Å²) in [6.45, 7) is 0.938. The number of nitrogens with one attached hydrogen (secondary N) is 2.